The fourth-order valence-corrected chi connectivity index (χ4v) is 6.62. The molecule has 2 saturated heterocycles. The monoisotopic (exact) mass is 448 g/mol. The summed E-state index contributed by atoms with van der Waals surface area (Å²) in [7, 11) is 0. The van der Waals surface area contributed by atoms with E-state index >= 15 is 0 Å². The van der Waals surface area contributed by atoms with Gasteiger partial charge in [0.15, 0.2) is 0 Å². The van der Waals surface area contributed by atoms with Gasteiger partial charge in [0.05, 0.1) is 5.39 Å². The third kappa shape index (κ3) is 3.23. The van der Waals surface area contributed by atoms with Gasteiger partial charge >= 0.3 is 0 Å². The Kier molecular flexibility index (Phi) is 4.45. The van der Waals surface area contributed by atoms with Crippen LogP contribution in [0.25, 0.3) is 42.6 Å². The normalized spacial score (nSPS) is 20.1. The zero-order valence-electron chi connectivity index (χ0n) is 18.2. The van der Waals surface area contributed by atoms with Crippen molar-refractivity contribution in [3.05, 3.63) is 79.1 Å². The van der Waals surface area contributed by atoms with E-state index in [-0.39, 0.29) is 0 Å². The van der Waals surface area contributed by atoms with Crippen molar-refractivity contribution in [1.82, 2.24) is 15.3 Å². The quantitative estimate of drug-likeness (QED) is 0.361. The number of nitrogens with one attached hydrogen (secondary N) is 1. The number of hydrogen-bond acceptors (Lipinski definition) is 5. The van der Waals surface area contributed by atoms with Crippen LogP contribution >= 0.6 is 11.3 Å². The maximum absolute atomic E-state index is 4.75. The molecule has 162 valence electrons. The van der Waals surface area contributed by atoms with E-state index in [1.165, 1.54) is 50.6 Å². The Balaban J connectivity index is 1.36. The van der Waals surface area contributed by atoms with Crippen LogP contribution in [0.15, 0.2) is 79.1 Å². The van der Waals surface area contributed by atoms with Crippen molar-refractivity contribution in [3.63, 3.8) is 0 Å². The molecule has 1 N–H and O–H groups in total. The van der Waals surface area contributed by atoms with Crippen LogP contribution in [0.4, 0.5) is 5.82 Å². The molecule has 2 bridgehead atoms. The molecule has 2 aliphatic heterocycles. The molecule has 0 amide bonds. The average Bonchev–Trinajstić information content (AvgIpc) is 3.46. The summed E-state index contributed by atoms with van der Waals surface area (Å²) in [5, 5.41) is 7.45. The molecule has 2 unspecified atom stereocenters. The molecule has 33 heavy (non-hydrogen) atoms. The van der Waals surface area contributed by atoms with Crippen molar-refractivity contribution >= 4 is 38.1 Å². The van der Waals surface area contributed by atoms with E-state index in [0.29, 0.717) is 12.1 Å². The van der Waals surface area contributed by atoms with Crippen molar-refractivity contribution in [2.75, 3.05) is 18.0 Å². The minimum Gasteiger partial charge on any atom is -0.353 e. The van der Waals surface area contributed by atoms with Crippen LogP contribution in [-0.2, 0) is 0 Å². The number of hydrogen-bond donors (Lipinski definition) is 1. The first-order valence-corrected chi connectivity index (χ1v) is 12.5. The van der Waals surface area contributed by atoms with Crippen molar-refractivity contribution in [2.45, 2.75) is 24.9 Å². The molecular formula is C28H24N4S. The Bertz CT molecular complexity index is 1470. The molecule has 7 rings (SSSR count). The Hall–Kier alpha value is -3.28. The average molecular weight is 449 g/mol. The van der Waals surface area contributed by atoms with Gasteiger partial charge in [-0.05, 0) is 46.4 Å². The van der Waals surface area contributed by atoms with E-state index < -0.39 is 0 Å². The first-order valence-electron chi connectivity index (χ1n) is 11.7. The molecule has 5 heteroatoms. The summed E-state index contributed by atoms with van der Waals surface area (Å²) >= 11 is 1.77. The SMILES string of the molecule is c1ccc(-c2cccc3ccccc23)c(-c2cc3c(N4CC5CCC(C4)N5)ncnc3s2)c1. The molecule has 3 aromatic carbocycles. The van der Waals surface area contributed by atoms with Crippen LogP contribution in [0.2, 0.25) is 0 Å². The highest BCUT2D eigenvalue weighted by Crippen LogP contribution is 2.42. The summed E-state index contributed by atoms with van der Waals surface area (Å²) in [4.78, 5) is 14.2. The maximum atomic E-state index is 4.75. The predicted octanol–water partition coefficient (Wildman–Crippen LogP) is 6.12. The summed E-state index contributed by atoms with van der Waals surface area (Å²) in [6.45, 7) is 2.06. The number of anilines is 1. The number of thiophene rings is 1. The number of aromatic nitrogens is 2. The smallest absolute Gasteiger partial charge is 0.140 e. The molecule has 0 aliphatic carbocycles. The van der Waals surface area contributed by atoms with Crippen molar-refractivity contribution in [2.24, 2.45) is 0 Å². The van der Waals surface area contributed by atoms with Crippen LogP contribution in [0, 0.1) is 0 Å². The molecule has 0 spiro atoms. The van der Waals surface area contributed by atoms with Crippen LogP contribution in [-0.4, -0.2) is 35.1 Å². The zero-order chi connectivity index (χ0) is 21.8. The zero-order valence-corrected chi connectivity index (χ0v) is 19.1. The minimum absolute atomic E-state index is 0.582. The first kappa shape index (κ1) is 19.2. The first-order chi connectivity index (χ1) is 16.3. The summed E-state index contributed by atoms with van der Waals surface area (Å²) in [5.74, 6) is 1.09. The van der Waals surface area contributed by atoms with Gasteiger partial charge in [-0.15, -0.1) is 11.3 Å². The molecule has 2 aromatic heterocycles. The number of benzene rings is 3. The van der Waals surface area contributed by atoms with Gasteiger partial charge in [0.1, 0.15) is 17.0 Å². The summed E-state index contributed by atoms with van der Waals surface area (Å²) in [5.41, 5.74) is 3.78. The summed E-state index contributed by atoms with van der Waals surface area (Å²) < 4.78 is 0. The second-order valence-electron chi connectivity index (χ2n) is 9.14. The fraction of sp³-hybridized carbons (Fsp3) is 0.214. The molecule has 4 heterocycles. The topological polar surface area (TPSA) is 41.0 Å². The molecule has 2 atom stereocenters. The number of fused-ring (bicyclic) bond motifs is 4. The van der Waals surface area contributed by atoms with Crippen molar-refractivity contribution in [1.29, 1.82) is 0 Å². The molecule has 0 saturated carbocycles. The van der Waals surface area contributed by atoms with Gasteiger partial charge in [-0.3, -0.25) is 0 Å². The van der Waals surface area contributed by atoms with E-state index in [0.717, 1.165) is 23.7 Å². The Labute approximate surface area is 196 Å². The number of rotatable bonds is 3. The van der Waals surface area contributed by atoms with E-state index in [1.807, 2.05) is 0 Å². The highest BCUT2D eigenvalue weighted by Gasteiger charge is 2.33. The van der Waals surface area contributed by atoms with Gasteiger partial charge in [0.25, 0.3) is 0 Å². The van der Waals surface area contributed by atoms with E-state index in [1.54, 1.807) is 17.7 Å². The van der Waals surface area contributed by atoms with Gasteiger partial charge in [-0.25, -0.2) is 9.97 Å². The number of piperazine rings is 1. The molecule has 5 aromatic rings. The summed E-state index contributed by atoms with van der Waals surface area (Å²) in [6.07, 6.45) is 4.27. The van der Waals surface area contributed by atoms with Crippen molar-refractivity contribution in [3.8, 4) is 21.6 Å². The predicted molar refractivity (Wildman–Crippen MR) is 138 cm³/mol. The Morgan fingerprint density at radius 2 is 1.48 bits per heavy atom. The van der Waals surface area contributed by atoms with Gasteiger partial charge in [-0.2, -0.15) is 0 Å². The lowest BCUT2D eigenvalue weighted by Gasteiger charge is -2.33. The van der Waals surface area contributed by atoms with Gasteiger partial charge < -0.3 is 10.2 Å². The standard InChI is InChI=1S/C28H24N4S/c1-2-8-21-18(6-1)7-5-11-22(21)23-9-3-4-10-24(23)26-14-25-27(29-17-30-28(25)33-26)32-15-19-12-13-20(16-32)31-19/h1-11,14,17,19-20,31H,12-13,15-16H2. The second-order valence-corrected chi connectivity index (χ2v) is 10.2. The van der Waals surface area contributed by atoms with Crippen LogP contribution in [0.3, 0.4) is 0 Å². The lowest BCUT2D eigenvalue weighted by Crippen LogP contribution is -2.51. The molecule has 0 radical (unpaired) electrons. The second kappa shape index (κ2) is 7.65. The molecule has 2 aliphatic rings. The molecule has 2 fully saturated rings. The third-order valence-corrected chi connectivity index (χ3v) is 8.17. The maximum Gasteiger partial charge on any atom is 0.140 e. The van der Waals surface area contributed by atoms with Crippen LogP contribution in [0.5, 0.6) is 0 Å². The molecular weight excluding hydrogens is 424 g/mol. The van der Waals surface area contributed by atoms with Crippen molar-refractivity contribution < 1.29 is 0 Å². The van der Waals surface area contributed by atoms with Crippen LogP contribution < -0.4 is 10.2 Å². The lowest BCUT2D eigenvalue weighted by atomic mass is 9.94. The number of nitrogens with zero attached hydrogens (tertiary/aromatic N) is 3. The Morgan fingerprint density at radius 1 is 0.758 bits per heavy atom. The molecule has 4 nitrogen and oxygen atoms in total. The van der Waals surface area contributed by atoms with Gasteiger partial charge in [0.2, 0.25) is 0 Å². The van der Waals surface area contributed by atoms with Gasteiger partial charge in [-0.1, -0.05) is 66.7 Å². The third-order valence-electron chi connectivity index (χ3n) is 7.10. The fourth-order valence-electron chi connectivity index (χ4n) is 5.59. The highest BCUT2D eigenvalue weighted by molar-refractivity contribution is 7.22. The lowest BCUT2D eigenvalue weighted by molar-refractivity contribution is 0.464. The largest absolute Gasteiger partial charge is 0.353 e. The van der Waals surface area contributed by atoms with E-state index in [9.17, 15) is 0 Å². The van der Waals surface area contributed by atoms with Crippen LogP contribution in [0.1, 0.15) is 12.8 Å². The van der Waals surface area contributed by atoms with E-state index in [4.69, 9.17) is 4.98 Å². The highest BCUT2D eigenvalue weighted by atomic mass is 32.1. The minimum atomic E-state index is 0.582. The van der Waals surface area contributed by atoms with E-state index in [2.05, 4.69) is 88.0 Å². The Morgan fingerprint density at radius 3 is 2.36 bits per heavy atom. The summed E-state index contributed by atoms with van der Waals surface area (Å²) in [6, 6.07) is 27.4. The van der Waals surface area contributed by atoms with Gasteiger partial charge in [0, 0.05) is 30.1 Å².